The number of aromatic nitrogens is 1. The van der Waals surface area contributed by atoms with E-state index in [1.54, 1.807) is 0 Å². The van der Waals surface area contributed by atoms with Crippen molar-refractivity contribution in [3.63, 3.8) is 0 Å². The van der Waals surface area contributed by atoms with Gasteiger partial charge in [-0.1, -0.05) is 42.5 Å². The molecule has 0 aliphatic carbocycles. The van der Waals surface area contributed by atoms with Crippen molar-refractivity contribution in [2.24, 2.45) is 11.5 Å². The number of fused-ring (bicyclic) bond motifs is 1. The number of benzene rings is 2. The molecule has 1 heterocycles. The summed E-state index contributed by atoms with van der Waals surface area (Å²) < 4.78 is 1.69. The largest absolute Gasteiger partial charge is 0.344 e. The average molecular weight is 429 g/mol. The van der Waals surface area contributed by atoms with Crippen molar-refractivity contribution in [2.45, 2.75) is 35.7 Å². The Morgan fingerprint density at radius 2 is 1.83 bits per heavy atom. The van der Waals surface area contributed by atoms with Crippen molar-refractivity contribution in [3.05, 3.63) is 60.2 Å². The lowest BCUT2D eigenvalue weighted by atomic mass is 10.1. The van der Waals surface area contributed by atoms with Crippen LogP contribution in [0, 0.1) is 0 Å². The highest BCUT2D eigenvalue weighted by molar-refractivity contribution is 8.15. The van der Waals surface area contributed by atoms with Gasteiger partial charge in [-0.2, -0.15) is 0 Å². The predicted molar refractivity (Wildman–Crippen MR) is 119 cm³/mol. The summed E-state index contributed by atoms with van der Waals surface area (Å²) in [5, 5.41) is 2.66. The molecule has 0 spiro atoms. The van der Waals surface area contributed by atoms with Crippen molar-refractivity contribution in [2.75, 3.05) is 6.54 Å². The van der Waals surface area contributed by atoms with E-state index in [1.165, 1.54) is 11.3 Å². The Labute approximate surface area is 178 Å². The van der Waals surface area contributed by atoms with Gasteiger partial charge in [0.05, 0.1) is 22.3 Å². The number of thioether (sulfide) groups is 1. The molecule has 5 N–H and O–H groups in total. The lowest BCUT2D eigenvalue weighted by molar-refractivity contribution is -0.125. The average Bonchev–Trinajstić information content (AvgIpc) is 3.13. The Kier molecular flexibility index (Phi) is 7.76. The van der Waals surface area contributed by atoms with Gasteiger partial charge in [0.25, 0.3) is 0 Å². The lowest BCUT2D eigenvalue weighted by Gasteiger charge is -2.19. The van der Waals surface area contributed by atoms with Crippen LogP contribution in [0.3, 0.4) is 0 Å². The van der Waals surface area contributed by atoms with E-state index in [0.717, 1.165) is 27.5 Å². The second kappa shape index (κ2) is 10.5. The number of nitrogens with one attached hydrogen (secondary N) is 1. The number of para-hydroxylation sites is 1. The zero-order chi connectivity index (χ0) is 20.6. The molecule has 29 heavy (non-hydrogen) atoms. The summed E-state index contributed by atoms with van der Waals surface area (Å²) in [4.78, 5) is 29.9. The summed E-state index contributed by atoms with van der Waals surface area (Å²) in [6, 6.07) is 15.9. The fourth-order valence-corrected chi connectivity index (χ4v) is 4.88. The highest BCUT2D eigenvalue weighted by atomic mass is 32.2. The number of nitrogens with two attached hydrogens (primary N) is 2. The van der Waals surface area contributed by atoms with Crippen molar-refractivity contribution >= 4 is 44.3 Å². The molecule has 2 atom stereocenters. The molecule has 152 valence electrons. The zero-order valence-electron chi connectivity index (χ0n) is 15.9. The van der Waals surface area contributed by atoms with Crippen molar-refractivity contribution in [1.82, 2.24) is 10.3 Å². The molecule has 0 saturated carbocycles. The van der Waals surface area contributed by atoms with E-state index in [0.29, 0.717) is 30.1 Å². The topological polar surface area (TPSA) is 111 Å². The molecule has 0 unspecified atom stereocenters. The Balaban J connectivity index is 1.64. The predicted octanol–water partition coefficient (Wildman–Crippen LogP) is 2.71. The number of hydrogen-bond donors (Lipinski definition) is 3. The van der Waals surface area contributed by atoms with Gasteiger partial charge in [0.15, 0.2) is 4.34 Å². The van der Waals surface area contributed by atoms with Crippen molar-refractivity contribution in [1.29, 1.82) is 0 Å². The van der Waals surface area contributed by atoms with Gasteiger partial charge >= 0.3 is 0 Å². The first-order chi connectivity index (χ1) is 14.1. The number of hydrogen-bond acceptors (Lipinski definition) is 7. The van der Waals surface area contributed by atoms with E-state index in [2.05, 4.69) is 10.3 Å². The third-order valence-electron chi connectivity index (χ3n) is 4.40. The number of rotatable bonds is 9. The van der Waals surface area contributed by atoms with Crippen LogP contribution < -0.4 is 16.8 Å². The number of amides is 1. The lowest BCUT2D eigenvalue weighted by Crippen LogP contribution is -2.48. The quantitative estimate of drug-likeness (QED) is 0.452. The van der Waals surface area contributed by atoms with Crippen LogP contribution in [0.5, 0.6) is 0 Å². The van der Waals surface area contributed by atoms with Crippen LogP contribution in [0.2, 0.25) is 0 Å². The zero-order valence-corrected chi connectivity index (χ0v) is 17.5. The summed E-state index contributed by atoms with van der Waals surface area (Å²) in [6.07, 6.45) is 1.51. The number of carbonyl (C=O) groups excluding carboxylic acids is 2. The second-order valence-corrected chi connectivity index (χ2v) is 8.94. The Bertz CT molecular complexity index is 928. The smallest absolute Gasteiger partial charge is 0.237 e. The monoisotopic (exact) mass is 428 g/mol. The third-order valence-corrected chi connectivity index (χ3v) is 6.48. The van der Waals surface area contributed by atoms with Gasteiger partial charge in [-0.15, -0.1) is 11.3 Å². The molecule has 8 heteroatoms. The Hall–Kier alpha value is -2.26. The normalized spacial score (nSPS) is 13.2. The van der Waals surface area contributed by atoms with Gasteiger partial charge in [-0.25, -0.2) is 4.98 Å². The molecule has 3 aromatic rings. The fourth-order valence-electron chi connectivity index (χ4n) is 2.86. The molecule has 0 saturated heterocycles. The summed E-state index contributed by atoms with van der Waals surface area (Å²) >= 11 is 2.52. The van der Waals surface area contributed by atoms with E-state index in [9.17, 15) is 9.59 Å². The molecule has 2 aromatic carbocycles. The molecular formula is C21H24N4O2S2. The maximum absolute atomic E-state index is 12.8. The number of nitrogens with zero attached hydrogens (tertiary/aromatic N) is 1. The van der Waals surface area contributed by atoms with Crippen molar-refractivity contribution < 1.29 is 9.59 Å². The summed E-state index contributed by atoms with van der Waals surface area (Å²) in [5.74, 6) is -0.339. The minimum atomic E-state index is -0.724. The first-order valence-electron chi connectivity index (χ1n) is 9.44. The second-order valence-electron chi connectivity index (χ2n) is 6.66. The molecule has 1 aromatic heterocycles. The van der Waals surface area contributed by atoms with Gasteiger partial charge in [0.1, 0.15) is 0 Å². The third kappa shape index (κ3) is 6.11. The van der Waals surface area contributed by atoms with Crippen LogP contribution in [0.15, 0.2) is 58.9 Å². The molecule has 0 radical (unpaired) electrons. The van der Waals surface area contributed by atoms with Crippen LogP contribution in [0.4, 0.5) is 0 Å². The first kappa shape index (κ1) is 21.4. The highest BCUT2D eigenvalue weighted by Gasteiger charge is 2.25. The maximum Gasteiger partial charge on any atom is 0.237 e. The Morgan fingerprint density at radius 1 is 1.10 bits per heavy atom. The summed E-state index contributed by atoms with van der Waals surface area (Å²) in [5.41, 5.74) is 13.5. The van der Waals surface area contributed by atoms with Crippen LogP contribution in [0.25, 0.3) is 10.2 Å². The van der Waals surface area contributed by atoms with E-state index in [-0.39, 0.29) is 11.0 Å². The van der Waals surface area contributed by atoms with Gasteiger partial charge in [0, 0.05) is 0 Å². The van der Waals surface area contributed by atoms with Gasteiger partial charge in [0.2, 0.25) is 11.0 Å². The maximum atomic E-state index is 12.8. The van der Waals surface area contributed by atoms with Crippen LogP contribution in [0.1, 0.15) is 18.4 Å². The van der Waals surface area contributed by atoms with Gasteiger partial charge in [-0.3, -0.25) is 9.59 Å². The first-order valence-corrected chi connectivity index (χ1v) is 11.1. The van der Waals surface area contributed by atoms with Crippen LogP contribution in [-0.4, -0.2) is 34.6 Å². The molecular weight excluding hydrogens is 404 g/mol. The van der Waals surface area contributed by atoms with Crippen LogP contribution >= 0.6 is 23.1 Å². The summed E-state index contributed by atoms with van der Waals surface area (Å²) in [7, 11) is 0. The molecule has 0 bridgehead atoms. The van der Waals surface area contributed by atoms with Crippen LogP contribution in [-0.2, 0) is 16.0 Å². The summed E-state index contributed by atoms with van der Waals surface area (Å²) in [6.45, 7) is 0.446. The van der Waals surface area contributed by atoms with E-state index < -0.39 is 12.1 Å². The minimum absolute atomic E-state index is 0.155. The highest BCUT2D eigenvalue weighted by Crippen LogP contribution is 2.30. The molecule has 6 nitrogen and oxygen atoms in total. The number of thiazole rings is 1. The fraction of sp³-hybridized carbons (Fsp3) is 0.286. The molecule has 0 aliphatic heterocycles. The van der Waals surface area contributed by atoms with E-state index >= 15 is 0 Å². The molecule has 0 fully saturated rings. The molecule has 0 aliphatic rings. The van der Waals surface area contributed by atoms with E-state index in [1.807, 2.05) is 54.6 Å². The van der Waals surface area contributed by atoms with Crippen molar-refractivity contribution in [3.8, 4) is 0 Å². The van der Waals surface area contributed by atoms with Gasteiger partial charge in [-0.05, 0) is 55.3 Å². The Morgan fingerprint density at radius 3 is 2.55 bits per heavy atom. The van der Waals surface area contributed by atoms with Gasteiger partial charge < -0.3 is 16.8 Å². The van der Waals surface area contributed by atoms with E-state index in [4.69, 9.17) is 11.5 Å². The SMILES string of the molecule is NCCC[C@H](NC(=O)[C@H](N)Cc1ccccc1)C(=O)Sc1nc2ccccc2s1. The molecule has 1 amide bonds. The minimum Gasteiger partial charge on any atom is -0.344 e. The standard InChI is InChI=1S/C21H24N4O2S2/c22-12-6-10-17(24-19(26)15(23)13-14-7-2-1-3-8-14)20(27)29-21-25-16-9-4-5-11-18(16)28-21/h1-5,7-9,11,15,17H,6,10,12-13,22-23H2,(H,24,26)/t15-,17+/m1/s1. The molecule has 3 rings (SSSR count). The number of carbonyl (C=O) groups is 2.